The number of aromatic amines is 1. The zero-order chi connectivity index (χ0) is 13.1. The summed E-state index contributed by atoms with van der Waals surface area (Å²) in [5.74, 6) is -1.21. The molecule has 0 aromatic carbocycles. The monoisotopic (exact) mass is 248 g/mol. The lowest BCUT2D eigenvalue weighted by molar-refractivity contribution is -0.141. The predicted molar refractivity (Wildman–Crippen MR) is 51.1 cm³/mol. The largest absolute Gasteiger partial charge is 0.481 e. The molecular weight excluding hydrogens is 241 g/mol. The highest BCUT2D eigenvalue weighted by Crippen LogP contribution is 2.29. The molecule has 0 aliphatic heterocycles. The Morgan fingerprint density at radius 3 is 2.71 bits per heavy atom. The van der Waals surface area contributed by atoms with Crippen LogP contribution in [-0.2, 0) is 11.0 Å². The molecule has 5 nitrogen and oxygen atoms in total. The maximum atomic E-state index is 12.4. The van der Waals surface area contributed by atoms with Crippen molar-refractivity contribution in [2.75, 3.05) is 0 Å². The van der Waals surface area contributed by atoms with Crippen LogP contribution in [0.2, 0.25) is 0 Å². The number of carboxylic acid groups (broad SMARTS) is 1. The summed E-state index contributed by atoms with van der Waals surface area (Å²) in [5, 5.41) is 8.31. The van der Waals surface area contributed by atoms with E-state index in [0.717, 1.165) is 12.2 Å². The number of halogens is 3. The minimum absolute atomic E-state index is 0.481. The smallest absolute Gasteiger partial charge is 0.434 e. The fourth-order valence-electron chi connectivity index (χ4n) is 1.07. The molecule has 2 N–H and O–H groups in total. The topological polar surface area (TPSA) is 83.0 Å². The number of alkyl halides is 3. The quantitative estimate of drug-likeness (QED) is 0.843. The first-order chi connectivity index (χ1) is 7.82. The van der Waals surface area contributed by atoms with Crippen LogP contribution < -0.4 is 5.56 Å². The van der Waals surface area contributed by atoms with E-state index in [9.17, 15) is 22.8 Å². The lowest BCUT2D eigenvalue weighted by Crippen LogP contribution is -2.20. The van der Waals surface area contributed by atoms with Gasteiger partial charge < -0.3 is 10.1 Å². The number of aromatic nitrogens is 2. The van der Waals surface area contributed by atoms with Crippen molar-refractivity contribution >= 4 is 12.0 Å². The van der Waals surface area contributed by atoms with Crippen molar-refractivity contribution in [1.82, 2.24) is 9.97 Å². The highest BCUT2D eigenvalue weighted by molar-refractivity contribution is 5.70. The zero-order valence-corrected chi connectivity index (χ0v) is 8.28. The summed E-state index contributed by atoms with van der Waals surface area (Å²) in [7, 11) is 0. The molecule has 0 radical (unpaired) electrons. The molecule has 1 heterocycles. The number of aliphatic carboxylic acids is 1. The van der Waals surface area contributed by atoms with E-state index in [2.05, 4.69) is 4.98 Å². The zero-order valence-electron chi connectivity index (χ0n) is 8.28. The molecule has 0 aliphatic rings. The van der Waals surface area contributed by atoms with Crippen LogP contribution in [0.4, 0.5) is 13.2 Å². The van der Waals surface area contributed by atoms with Crippen molar-refractivity contribution in [2.45, 2.75) is 12.6 Å². The second-order valence-electron chi connectivity index (χ2n) is 2.99. The Hall–Kier alpha value is -2.12. The Morgan fingerprint density at radius 1 is 1.53 bits per heavy atom. The van der Waals surface area contributed by atoms with Crippen LogP contribution in [0.1, 0.15) is 17.7 Å². The average molecular weight is 248 g/mol. The first-order valence-electron chi connectivity index (χ1n) is 4.35. The summed E-state index contributed by atoms with van der Waals surface area (Å²) in [6.45, 7) is 0. The fourth-order valence-corrected chi connectivity index (χ4v) is 1.07. The Balaban J connectivity index is 3.18. The van der Waals surface area contributed by atoms with E-state index in [4.69, 9.17) is 5.11 Å². The van der Waals surface area contributed by atoms with Gasteiger partial charge in [0.1, 0.15) is 0 Å². The molecule has 1 aromatic rings. The number of hydrogen-bond acceptors (Lipinski definition) is 3. The van der Waals surface area contributed by atoms with Gasteiger partial charge in [-0.2, -0.15) is 13.2 Å². The van der Waals surface area contributed by atoms with Gasteiger partial charge in [0.2, 0.25) is 0 Å². The third-order valence-electron chi connectivity index (χ3n) is 1.73. The summed E-state index contributed by atoms with van der Waals surface area (Å²) < 4.78 is 37.3. The minimum Gasteiger partial charge on any atom is -0.481 e. The molecule has 0 aliphatic carbocycles. The molecule has 1 rings (SSSR count). The summed E-state index contributed by atoms with van der Waals surface area (Å²) in [6, 6.07) is 0. The van der Waals surface area contributed by atoms with Gasteiger partial charge in [0.25, 0.3) is 5.56 Å². The lowest BCUT2D eigenvalue weighted by Gasteiger charge is -2.07. The standard InChI is InChI=1S/C9H7F3N2O3/c10-9(11,12)7-5(2-1-3-6(15)16)8(17)14-4-13-7/h1-2,4H,3H2,(H,15,16)(H,13,14,17). The van der Waals surface area contributed by atoms with Gasteiger partial charge in [-0.15, -0.1) is 0 Å². The SMILES string of the molecule is O=C(O)CC=Cc1c(C(F)(F)F)nc[nH]c1=O. The molecule has 0 spiro atoms. The van der Waals surface area contributed by atoms with Gasteiger partial charge in [-0.05, 0) is 0 Å². The van der Waals surface area contributed by atoms with Crippen LogP contribution in [0.25, 0.3) is 6.08 Å². The van der Waals surface area contributed by atoms with Crippen LogP contribution in [0.15, 0.2) is 17.2 Å². The van der Waals surface area contributed by atoms with E-state index in [1.807, 2.05) is 4.98 Å². The summed E-state index contributed by atoms with van der Waals surface area (Å²) in [6.07, 6.45) is -2.87. The molecule has 0 saturated carbocycles. The number of hydrogen-bond donors (Lipinski definition) is 2. The molecule has 92 valence electrons. The minimum atomic E-state index is -4.77. The highest BCUT2D eigenvalue weighted by Gasteiger charge is 2.35. The number of H-pyrrole nitrogens is 1. The lowest BCUT2D eigenvalue weighted by atomic mass is 10.2. The summed E-state index contributed by atoms with van der Waals surface area (Å²) >= 11 is 0. The van der Waals surface area contributed by atoms with Gasteiger partial charge in [-0.3, -0.25) is 9.59 Å². The van der Waals surface area contributed by atoms with E-state index >= 15 is 0 Å². The fraction of sp³-hybridized carbons (Fsp3) is 0.222. The maximum absolute atomic E-state index is 12.4. The van der Waals surface area contributed by atoms with Crippen molar-refractivity contribution in [1.29, 1.82) is 0 Å². The van der Waals surface area contributed by atoms with Gasteiger partial charge in [-0.1, -0.05) is 12.2 Å². The Bertz CT molecular complexity index is 505. The van der Waals surface area contributed by atoms with Crippen LogP contribution >= 0.6 is 0 Å². The molecule has 0 bridgehead atoms. The van der Waals surface area contributed by atoms with Crippen molar-refractivity contribution in [3.8, 4) is 0 Å². The number of nitrogens with zero attached hydrogens (tertiary/aromatic N) is 1. The highest BCUT2D eigenvalue weighted by atomic mass is 19.4. The molecule has 8 heteroatoms. The Morgan fingerprint density at radius 2 is 2.18 bits per heavy atom. The molecule has 0 saturated heterocycles. The van der Waals surface area contributed by atoms with Crippen LogP contribution in [0.3, 0.4) is 0 Å². The van der Waals surface area contributed by atoms with E-state index in [-0.39, 0.29) is 0 Å². The van der Waals surface area contributed by atoms with Gasteiger partial charge in [0.05, 0.1) is 18.3 Å². The molecular formula is C9H7F3N2O3. The van der Waals surface area contributed by atoms with Crippen LogP contribution in [0.5, 0.6) is 0 Å². The van der Waals surface area contributed by atoms with Crippen molar-refractivity contribution in [3.05, 3.63) is 34.0 Å². The molecule has 0 fully saturated rings. The van der Waals surface area contributed by atoms with Crippen molar-refractivity contribution in [3.63, 3.8) is 0 Å². The maximum Gasteiger partial charge on any atom is 0.434 e. The third-order valence-corrected chi connectivity index (χ3v) is 1.73. The molecule has 0 atom stereocenters. The molecule has 1 aromatic heterocycles. The van der Waals surface area contributed by atoms with Crippen molar-refractivity contribution in [2.24, 2.45) is 0 Å². The van der Waals surface area contributed by atoms with E-state index in [0.29, 0.717) is 6.33 Å². The Labute approximate surface area is 92.6 Å². The Kier molecular flexibility index (Phi) is 3.66. The number of carboxylic acids is 1. The second-order valence-corrected chi connectivity index (χ2v) is 2.99. The van der Waals surface area contributed by atoms with Crippen molar-refractivity contribution < 1.29 is 23.1 Å². The van der Waals surface area contributed by atoms with Gasteiger partial charge in [0.15, 0.2) is 5.69 Å². The first kappa shape index (κ1) is 12.9. The van der Waals surface area contributed by atoms with E-state index < -0.39 is 35.4 Å². The van der Waals surface area contributed by atoms with Gasteiger partial charge in [0, 0.05) is 0 Å². The normalized spacial score (nSPS) is 11.9. The average Bonchev–Trinajstić information content (AvgIpc) is 2.18. The van der Waals surface area contributed by atoms with Gasteiger partial charge in [-0.25, -0.2) is 4.98 Å². The first-order valence-corrected chi connectivity index (χ1v) is 4.35. The number of nitrogens with one attached hydrogen (secondary N) is 1. The predicted octanol–water partition coefficient (Wildman–Crippen LogP) is 1.28. The van der Waals surface area contributed by atoms with E-state index in [1.165, 1.54) is 0 Å². The summed E-state index contributed by atoms with van der Waals surface area (Å²) in [4.78, 5) is 26.4. The van der Waals surface area contributed by atoms with E-state index in [1.54, 1.807) is 0 Å². The number of carbonyl (C=O) groups is 1. The second kappa shape index (κ2) is 4.81. The van der Waals surface area contributed by atoms with Crippen LogP contribution in [0, 0.1) is 0 Å². The number of rotatable bonds is 3. The molecule has 17 heavy (non-hydrogen) atoms. The van der Waals surface area contributed by atoms with Crippen LogP contribution in [-0.4, -0.2) is 21.0 Å². The molecule has 0 amide bonds. The molecule has 0 unspecified atom stereocenters. The third kappa shape index (κ3) is 3.44. The summed E-state index contributed by atoms with van der Waals surface area (Å²) in [5.41, 5.74) is -3.03. The van der Waals surface area contributed by atoms with Gasteiger partial charge >= 0.3 is 12.1 Å².